The van der Waals surface area contributed by atoms with Crippen LogP contribution in [0.25, 0.3) is 28.2 Å². The molecule has 2 heterocycles. The Hall–Kier alpha value is -4.85. The van der Waals surface area contributed by atoms with Gasteiger partial charge in [0.2, 0.25) is 5.95 Å². The number of H-pyrrole nitrogens is 1. The van der Waals surface area contributed by atoms with Crippen LogP contribution in [0.5, 0.6) is 0 Å². The second-order valence-corrected chi connectivity index (χ2v) is 7.61. The zero-order chi connectivity index (χ0) is 23.3. The first-order chi connectivity index (χ1) is 16.7. The summed E-state index contributed by atoms with van der Waals surface area (Å²) in [5, 5.41) is 16.6. The molecule has 2 aromatic heterocycles. The fraction of sp³-hybridized carbons (Fsp3) is 0.0385. The van der Waals surface area contributed by atoms with Gasteiger partial charge in [-0.1, -0.05) is 72.8 Å². The zero-order valence-corrected chi connectivity index (χ0v) is 18.4. The van der Waals surface area contributed by atoms with Crippen LogP contribution in [-0.4, -0.2) is 31.2 Å². The van der Waals surface area contributed by atoms with E-state index in [1.165, 1.54) is 0 Å². The third-order valence-corrected chi connectivity index (χ3v) is 5.23. The van der Waals surface area contributed by atoms with Crippen molar-refractivity contribution in [3.05, 3.63) is 113 Å². The van der Waals surface area contributed by atoms with Crippen LogP contribution in [-0.2, 0) is 0 Å². The highest BCUT2D eigenvalue weighted by Gasteiger charge is 2.13. The van der Waals surface area contributed by atoms with Crippen LogP contribution in [0, 0.1) is 6.92 Å². The molecule has 166 valence electrons. The third kappa shape index (κ3) is 4.51. The largest absolute Gasteiger partial charge is 0.288 e. The standard InChI is InChI=1S/C26H21N7O/c1-18-25(34)28-26(31-29-18)30-27-17-19-12-14-22(15-13-19)33-24(21-10-6-3-7-11-21)16-23(32-33)20-8-4-2-5-9-20/h2-17H,1H3,(H2,28,30,31,34)/b27-17+. The van der Waals surface area contributed by atoms with Crippen molar-refractivity contribution in [3.8, 4) is 28.2 Å². The van der Waals surface area contributed by atoms with Gasteiger partial charge in [0, 0.05) is 11.1 Å². The highest BCUT2D eigenvalue weighted by Crippen LogP contribution is 2.28. The summed E-state index contributed by atoms with van der Waals surface area (Å²) in [6.07, 6.45) is 1.64. The molecule has 0 amide bonds. The molecule has 0 spiro atoms. The molecule has 3 aromatic carbocycles. The fourth-order valence-electron chi connectivity index (χ4n) is 3.46. The minimum atomic E-state index is -0.305. The Morgan fingerprint density at radius 3 is 2.24 bits per heavy atom. The Labute approximate surface area is 195 Å². The average molecular weight is 448 g/mol. The van der Waals surface area contributed by atoms with Gasteiger partial charge in [0.25, 0.3) is 5.56 Å². The van der Waals surface area contributed by atoms with Crippen LogP contribution in [0.4, 0.5) is 5.95 Å². The summed E-state index contributed by atoms with van der Waals surface area (Å²) in [7, 11) is 0. The quantitative estimate of drug-likeness (QED) is 0.296. The van der Waals surface area contributed by atoms with Crippen molar-refractivity contribution in [1.29, 1.82) is 0 Å². The number of hydrogen-bond donors (Lipinski definition) is 2. The number of rotatable bonds is 6. The Bertz CT molecular complexity index is 1490. The van der Waals surface area contributed by atoms with Crippen molar-refractivity contribution < 1.29 is 0 Å². The second kappa shape index (κ2) is 9.33. The van der Waals surface area contributed by atoms with Crippen LogP contribution < -0.4 is 11.0 Å². The van der Waals surface area contributed by atoms with E-state index >= 15 is 0 Å². The van der Waals surface area contributed by atoms with E-state index in [9.17, 15) is 4.79 Å². The minimum absolute atomic E-state index is 0.181. The molecule has 0 aliphatic carbocycles. The maximum absolute atomic E-state index is 11.6. The summed E-state index contributed by atoms with van der Waals surface area (Å²) >= 11 is 0. The number of hydrogen-bond acceptors (Lipinski definition) is 6. The number of hydrazone groups is 1. The molecule has 0 radical (unpaired) electrons. The van der Waals surface area contributed by atoms with E-state index in [0.717, 1.165) is 33.8 Å². The molecule has 0 saturated carbocycles. The Morgan fingerprint density at radius 2 is 1.56 bits per heavy atom. The predicted octanol–water partition coefficient (Wildman–Crippen LogP) is 4.44. The predicted molar refractivity (Wildman–Crippen MR) is 133 cm³/mol. The van der Waals surface area contributed by atoms with Crippen molar-refractivity contribution in [3.63, 3.8) is 0 Å². The van der Waals surface area contributed by atoms with Gasteiger partial charge in [-0.05, 0) is 30.7 Å². The normalized spacial score (nSPS) is 11.1. The number of anilines is 1. The van der Waals surface area contributed by atoms with Gasteiger partial charge in [-0.25, -0.2) is 10.1 Å². The van der Waals surface area contributed by atoms with Crippen molar-refractivity contribution >= 4 is 12.2 Å². The van der Waals surface area contributed by atoms with E-state index in [1.807, 2.05) is 65.3 Å². The maximum atomic E-state index is 11.6. The molecule has 8 heteroatoms. The lowest BCUT2D eigenvalue weighted by Crippen LogP contribution is -2.15. The molecule has 0 unspecified atom stereocenters. The van der Waals surface area contributed by atoms with E-state index in [-0.39, 0.29) is 11.5 Å². The van der Waals surface area contributed by atoms with Gasteiger partial charge in [0.1, 0.15) is 5.69 Å². The molecule has 0 aliphatic rings. The molecular formula is C26H21N7O. The lowest BCUT2D eigenvalue weighted by molar-refractivity contribution is 0.892. The minimum Gasteiger partial charge on any atom is -0.288 e. The van der Waals surface area contributed by atoms with Crippen LogP contribution in [0.1, 0.15) is 11.3 Å². The molecule has 34 heavy (non-hydrogen) atoms. The zero-order valence-electron chi connectivity index (χ0n) is 18.4. The van der Waals surface area contributed by atoms with E-state index in [1.54, 1.807) is 13.1 Å². The van der Waals surface area contributed by atoms with E-state index in [4.69, 9.17) is 5.10 Å². The van der Waals surface area contributed by atoms with Crippen LogP contribution in [0.3, 0.4) is 0 Å². The lowest BCUT2D eigenvalue weighted by atomic mass is 10.1. The van der Waals surface area contributed by atoms with Gasteiger partial charge in [-0.2, -0.15) is 10.2 Å². The molecule has 0 fully saturated rings. The summed E-state index contributed by atoms with van der Waals surface area (Å²) in [5.74, 6) is 0.181. The number of benzene rings is 3. The van der Waals surface area contributed by atoms with Crippen LogP contribution in [0.15, 0.2) is 101 Å². The summed E-state index contributed by atoms with van der Waals surface area (Å²) in [6, 6.07) is 30.3. The molecule has 5 aromatic rings. The lowest BCUT2D eigenvalue weighted by Gasteiger charge is -2.08. The van der Waals surface area contributed by atoms with Crippen LogP contribution in [0.2, 0.25) is 0 Å². The number of nitrogens with one attached hydrogen (secondary N) is 2. The van der Waals surface area contributed by atoms with Gasteiger partial charge in [-0.15, -0.1) is 10.2 Å². The third-order valence-electron chi connectivity index (χ3n) is 5.23. The first-order valence-corrected chi connectivity index (χ1v) is 10.7. The molecule has 0 aliphatic heterocycles. The summed E-state index contributed by atoms with van der Waals surface area (Å²) in [6.45, 7) is 1.59. The number of aryl methyl sites for hydroxylation is 1. The Kier molecular flexibility index (Phi) is 5.77. The van der Waals surface area contributed by atoms with Gasteiger partial charge in [0.05, 0.1) is 23.3 Å². The molecule has 8 nitrogen and oxygen atoms in total. The highest BCUT2D eigenvalue weighted by atomic mass is 16.1. The Balaban J connectivity index is 1.42. The topological polar surface area (TPSA) is 101 Å². The van der Waals surface area contributed by atoms with Crippen molar-refractivity contribution in [2.75, 3.05) is 5.43 Å². The fourth-order valence-corrected chi connectivity index (χ4v) is 3.46. The molecule has 0 saturated heterocycles. The number of aromatic amines is 1. The first kappa shape index (κ1) is 21.0. The SMILES string of the molecule is Cc1nnc(N/N=C/c2ccc(-n3nc(-c4ccccc4)cc3-c3ccccc3)cc2)[nH]c1=O. The first-order valence-electron chi connectivity index (χ1n) is 10.7. The van der Waals surface area contributed by atoms with Gasteiger partial charge < -0.3 is 0 Å². The molecular weight excluding hydrogens is 426 g/mol. The highest BCUT2D eigenvalue weighted by molar-refractivity contribution is 5.80. The summed E-state index contributed by atoms with van der Waals surface area (Å²) in [4.78, 5) is 14.2. The van der Waals surface area contributed by atoms with Crippen molar-refractivity contribution in [1.82, 2.24) is 25.0 Å². The smallest absolute Gasteiger partial charge is 0.274 e. The molecule has 0 bridgehead atoms. The van der Waals surface area contributed by atoms with Crippen molar-refractivity contribution in [2.45, 2.75) is 6.92 Å². The molecule has 5 rings (SSSR count). The molecule has 2 N–H and O–H groups in total. The van der Waals surface area contributed by atoms with E-state index < -0.39 is 0 Å². The second-order valence-electron chi connectivity index (χ2n) is 7.61. The van der Waals surface area contributed by atoms with Crippen molar-refractivity contribution in [2.24, 2.45) is 5.10 Å². The van der Waals surface area contributed by atoms with E-state index in [0.29, 0.717) is 5.69 Å². The summed E-state index contributed by atoms with van der Waals surface area (Å²) < 4.78 is 1.95. The van der Waals surface area contributed by atoms with E-state index in [2.05, 4.69) is 56.0 Å². The van der Waals surface area contributed by atoms with Gasteiger partial charge in [-0.3, -0.25) is 9.78 Å². The van der Waals surface area contributed by atoms with Gasteiger partial charge in [0.15, 0.2) is 0 Å². The number of nitrogens with zero attached hydrogens (tertiary/aromatic N) is 5. The maximum Gasteiger partial charge on any atom is 0.274 e. The summed E-state index contributed by atoms with van der Waals surface area (Å²) in [5.41, 5.74) is 8.53. The Morgan fingerprint density at radius 1 is 0.882 bits per heavy atom. The molecule has 0 atom stereocenters. The number of aromatic nitrogens is 5. The average Bonchev–Trinajstić information content (AvgIpc) is 3.33. The monoisotopic (exact) mass is 447 g/mol. The van der Waals surface area contributed by atoms with Crippen LogP contribution >= 0.6 is 0 Å². The van der Waals surface area contributed by atoms with Gasteiger partial charge >= 0.3 is 0 Å².